The maximum Gasteiger partial charge on any atom is 0.261 e. The molecule has 1 N–H and O–H groups in total. The minimum atomic E-state index is -0.0338. The summed E-state index contributed by atoms with van der Waals surface area (Å²) in [6, 6.07) is 14.8. The maximum atomic E-state index is 12.3. The Bertz CT molecular complexity index is 840. The number of aromatic nitrogens is 2. The zero-order valence-electron chi connectivity index (χ0n) is 11.5. The number of nitrogens with zero attached hydrogens (tertiary/aromatic N) is 2. The Morgan fingerprint density at radius 2 is 1.86 bits per heavy atom. The van der Waals surface area contributed by atoms with Gasteiger partial charge in [0, 0.05) is 17.8 Å². The van der Waals surface area contributed by atoms with Gasteiger partial charge < -0.3 is 5.32 Å². The highest BCUT2D eigenvalue weighted by Crippen LogP contribution is 2.14. The summed E-state index contributed by atoms with van der Waals surface area (Å²) in [7, 11) is 1.74. The van der Waals surface area contributed by atoms with Crippen LogP contribution in [0.25, 0.3) is 10.9 Å². The number of anilines is 1. The average Bonchev–Trinajstić information content (AvgIpc) is 2.51. The third-order valence-electron chi connectivity index (χ3n) is 3.37. The Kier molecular flexibility index (Phi) is 3.62. The number of halogens is 1. The van der Waals surface area contributed by atoms with Crippen molar-refractivity contribution >= 4 is 28.2 Å². The number of nitrogens with one attached hydrogen (secondary N) is 1. The molecule has 0 amide bonds. The van der Waals surface area contributed by atoms with Crippen LogP contribution in [0.1, 0.15) is 5.82 Å². The fourth-order valence-corrected chi connectivity index (χ4v) is 2.30. The molecule has 0 radical (unpaired) electrons. The molecule has 2 aromatic carbocycles. The molecule has 3 aromatic rings. The van der Waals surface area contributed by atoms with Gasteiger partial charge in [0.1, 0.15) is 5.82 Å². The summed E-state index contributed by atoms with van der Waals surface area (Å²) in [5, 5.41) is 4.57. The van der Waals surface area contributed by atoms with E-state index in [2.05, 4.69) is 10.3 Å². The summed E-state index contributed by atoms with van der Waals surface area (Å²) in [6.07, 6.45) is 0. The van der Waals surface area contributed by atoms with Gasteiger partial charge in [-0.2, -0.15) is 0 Å². The normalized spacial score (nSPS) is 10.8. The molecule has 0 bridgehead atoms. The molecule has 5 heteroatoms. The second-order valence-electron chi connectivity index (χ2n) is 4.77. The number of hydrogen-bond acceptors (Lipinski definition) is 3. The summed E-state index contributed by atoms with van der Waals surface area (Å²) < 4.78 is 1.57. The van der Waals surface area contributed by atoms with E-state index >= 15 is 0 Å². The molecule has 1 heterocycles. The predicted molar refractivity (Wildman–Crippen MR) is 85.8 cm³/mol. The van der Waals surface area contributed by atoms with Crippen LogP contribution in [0.15, 0.2) is 53.3 Å². The second kappa shape index (κ2) is 5.58. The lowest BCUT2D eigenvalue weighted by Crippen LogP contribution is -2.23. The largest absolute Gasteiger partial charge is 0.378 e. The van der Waals surface area contributed by atoms with Crippen LogP contribution in [-0.4, -0.2) is 9.55 Å². The minimum absolute atomic E-state index is 0.0338. The van der Waals surface area contributed by atoms with E-state index < -0.39 is 0 Å². The monoisotopic (exact) mass is 299 g/mol. The first kappa shape index (κ1) is 13.6. The van der Waals surface area contributed by atoms with Crippen molar-refractivity contribution in [3.63, 3.8) is 0 Å². The molecule has 0 saturated carbocycles. The van der Waals surface area contributed by atoms with Crippen molar-refractivity contribution in [1.82, 2.24) is 9.55 Å². The molecular weight excluding hydrogens is 286 g/mol. The van der Waals surface area contributed by atoms with Crippen molar-refractivity contribution in [2.45, 2.75) is 6.54 Å². The van der Waals surface area contributed by atoms with Crippen LogP contribution in [0.5, 0.6) is 0 Å². The Balaban J connectivity index is 1.92. The van der Waals surface area contributed by atoms with Gasteiger partial charge in [-0.1, -0.05) is 23.7 Å². The fourth-order valence-electron chi connectivity index (χ4n) is 2.17. The molecule has 0 atom stereocenters. The van der Waals surface area contributed by atoms with E-state index in [1.165, 1.54) is 0 Å². The van der Waals surface area contributed by atoms with E-state index in [1.807, 2.05) is 42.5 Å². The molecule has 0 saturated heterocycles. The first-order valence-corrected chi connectivity index (χ1v) is 6.97. The van der Waals surface area contributed by atoms with Crippen molar-refractivity contribution in [2.75, 3.05) is 5.32 Å². The summed E-state index contributed by atoms with van der Waals surface area (Å²) in [6.45, 7) is 0.470. The van der Waals surface area contributed by atoms with E-state index in [0.717, 1.165) is 5.69 Å². The summed E-state index contributed by atoms with van der Waals surface area (Å²) in [4.78, 5) is 16.8. The Hall–Kier alpha value is -2.33. The highest BCUT2D eigenvalue weighted by atomic mass is 35.5. The molecule has 21 heavy (non-hydrogen) atoms. The van der Waals surface area contributed by atoms with Gasteiger partial charge in [0.05, 0.1) is 17.4 Å². The molecule has 4 nitrogen and oxygen atoms in total. The number of benzene rings is 2. The second-order valence-corrected chi connectivity index (χ2v) is 5.21. The Labute approximate surface area is 127 Å². The Morgan fingerprint density at radius 3 is 2.62 bits per heavy atom. The smallest absolute Gasteiger partial charge is 0.261 e. The van der Waals surface area contributed by atoms with Crippen LogP contribution in [-0.2, 0) is 13.6 Å². The lowest BCUT2D eigenvalue weighted by Gasteiger charge is -2.11. The lowest BCUT2D eigenvalue weighted by atomic mass is 10.2. The van der Waals surface area contributed by atoms with Crippen molar-refractivity contribution in [3.05, 3.63) is 69.7 Å². The Morgan fingerprint density at radius 1 is 1.14 bits per heavy atom. The first-order chi connectivity index (χ1) is 10.1. The van der Waals surface area contributed by atoms with Crippen LogP contribution in [0, 0.1) is 0 Å². The van der Waals surface area contributed by atoms with Gasteiger partial charge >= 0.3 is 0 Å². The number of hydrogen-bond donors (Lipinski definition) is 1. The number of para-hydroxylation sites is 1. The van der Waals surface area contributed by atoms with Crippen LogP contribution in [0.4, 0.5) is 5.69 Å². The molecular formula is C16H14ClN3O. The molecule has 0 aliphatic rings. The van der Waals surface area contributed by atoms with Gasteiger partial charge in [-0.15, -0.1) is 0 Å². The van der Waals surface area contributed by atoms with E-state index in [1.54, 1.807) is 17.7 Å². The van der Waals surface area contributed by atoms with Crippen LogP contribution >= 0.6 is 11.6 Å². The summed E-state index contributed by atoms with van der Waals surface area (Å²) in [5.74, 6) is 0.689. The van der Waals surface area contributed by atoms with Gasteiger partial charge in [-0.3, -0.25) is 9.36 Å². The SMILES string of the molecule is Cn1c(CNc2ccc(Cl)cc2)nc2ccccc2c1=O. The third-order valence-corrected chi connectivity index (χ3v) is 3.62. The van der Waals surface area contributed by atoms with Crippen molar-refractivity contribution in [3.8, 4) is 0 Å². The van der Waals surface area contributed by atoms with Gasteiger partial charge in [0.15, 0.2) is 0 Å². The molecule has 106 valence electrons. The van der Waals surface area contributed by atoms with Crippen molar-refractivity contribution in [2.24, 2.45) is 7.05 Å². The van der Waals surface area contributed by atoms with E-state index in [0.29, 0.717) is 28.3 Å². The minimum Gasteiger partial charge on any atom is -0.378 e. The highest BCUT2D eigenvalue weighted by Gasteiger charge is 2.07. The predicted octanol–water partition coefficient (Wildman–Crippen LogP) is 3.20. The molecule has 0 fully saturated rings. The standard InChI is InChI=1S/C16H14ClN3O/c1-20-15(10-18-12-8-6-11(17)7-9-12)19-14-5-3-2-4-13(14)16(20)21/h2-9,18H,10H2,1H3. The lowest BCUT2D eigenvalue weighted by molar-refractivity contribution is 0.756. The molecule has 0 aliphatic heterocycles. The van der Waals surface area contributed by atoms with Crippen molar-refractivity contribution < 1.29 is 0 Å². The van der Waals surface area contributed by atoms with Gasteiger partial charge in [-0.05, 0) is 36.4 Å². The van der Waals surface area contributed by atoms with Crippen molar-refractivity contribution in [1.29, 1.82) is 0 Å². The van der Waals surface area contributed by atoms with E-state index in [9.17, 15) is 4.79 Å². The van der Waals surface area contributed by atoms with Crippen LogP contribution in [0.2, 0.25) is 5.02 Å². The van der Waals surface area contributed by atoms with Gasteiger partial charge in [0.25, 0.3) is 5.56 Å². The van der Waals surface area contributed by atoms with Gasteiger partial charge in [-0.25, -0.2) is 4.98 Å². The molecule has 0 aliphatic carbocycles. The topological polar surface area (TPSA) is 46.9 Å². The fraction of sp³-hybridized carbons (Fsp3) is 0.125. The number of rotatable bonds is 3. The van der Waals surface area contributed by atoms with E-state index in [4.69, 9.17) is 11.6 Å². The summed E-state index contributed by atoms with van der Waals surface area (Å²) >= 11 is 5.85. The third kappa shape index (κ3) is 2.76. The van der Waals surface area contributed by atoms with Crippen LogP contribution in [0.3, 0.4) is 0 Å². The molecule has 0 unspecified atom stereocenters. The molecule has 1 aromatic heterocycles. The van der Waals surface area contributed by atoms with Gasteiger partial charge in [0.2, 0.25) is 0 Å². The first-order valence-electron chi connectivity index (χ1n) is 6.59. The molecule has 3 rings (SSSR count). The average molecular weight is 300 g/mol. The van der Waals surface area contributed by atoms with E-state index in [-0.39, 0.29) is 5.56 Å². The quantitative estimate of drug-likeness (QED) is 0.808. The maximum absolute atomic E-state index is 12.3. The summed E-state index contributed by atoms with van der Waals surface area (Å²) in [5.41, 5.74) is 1.61. The zero-order chi connectivity index (χ0) is 14.8. The highest BCUT2D eigenvalue weighted by molar-refractivity contribution is 6.30. The van der Waals surface area contributed by atoms with Crippen LogP contribution < -0.4 is 10.9 Å². The zero-order valence-corrected chi connectivity index (χ0v) is 12.3. The molecule has 0 spiro atoms. The number of fused-ring (bicyclic) bond motifs is 1.